The van der Waals surface area contributed by atoms with Gasteiger partial charge < -0.3 is 5.48 Å². The van der Waals surface area contributed by atoms with Crippen molar-refractivity contribution in [2.75, 3.05) is 0 Å². The van der Waals surface area contributed by atoms with Crippen LogP contribution in [0.1, 0.15) is 6.42 Å². The average molecular weight is 153 g/mol. The Kier molecular flexibility index (Phi) is 3.93. The van der Waals surface area contributed by atoms with Gasteiger partial charge in [0.05, 0.1) is 19.5 Å². The van der Waals surface area contributed by atoms with Crippen LogP contribution >= 0.6 is 0 Å². The highest BCUT2D eigenvalue weighted by atomic mass is 16.0. The lowest BCUT2D eigenvalue weighted by Gasteiger charge is -1.85. The van der Waals surface area contributed by atoms with E-state index >= 15 is 0 Å². The van der Waals surface area contributed by atoms with Crippen LogP contribution in [0.5, 0.6) is 0 Å². The molecule has 1 rings (SSSR count). The summed E-state index contributed by atoms with van der Waals surface area (Å²) in [6.45, 7) is 0.789. The number of aryl methyl sites for hydroxylation is 2. The minimum atomic E-state index is 0. The molecule has 11 heavy (non-hydrogen) atoms. The Labute approximate surface area is 65.6 Å². The van der Waals surface area contributed by atoms with Crippen LogP contribution in [0.2, 0.25) is 0 Å². The minimum absolute atomic E-state index is 0. The van der Waals surface area contributed by atoms with E-state index in [0.29, 0.717) is 6.42 Å². The number of hydrogen-bond donors (Lipinski definition) is 0. The van der Waals surface area contributed by atoms with Crippen LogP contribution in [0, 0.1) is 11.3 Å². The number of imidazole rings is 1. The van der Waals surface area contributed by atoms with Crippen molar-refractivity contribution in [2.45, 2.75) is 13.0 Å². The molecular weight excluding hydrogens is 142 g/mol. The van der Waals surface area contributed by atoms with E-state index < -0.39 is 0 Å². The maximum Gasteiger partial charge on any atom is 0.243 e. The number of nitrogens with zero attached hydrogens (tertiary/aromatic N) is 3. The first kappa shape index (κ1) is 9.66. The molecule has 0 aliphatic rings. The monoisotopic (exact) mass is 153 g/mol. The summed E-state index contributed by atoms with van der Waals surface area (Å²) >= 11 is 0. The van der Waals surface area contributed by atoms with Crippen LogP contribution in [0.25, 0.3) is 0 Å². The molecule has 0 fully saturated rings. The Morgan fingerprint density at radius 1 is 1.64 bits per heavy atom. The standard InChI is InChI=1S/C7H10N3.H2O/c1-9-5-6-10(7-9)4-2-3-8;/h5-7H,2,4H2,1H3;1H2/q+1;/p-1. The summed E-state index contributed by atoms with van der Waals surface area (Å²) in [7, 11) is 1.96. The molecule has 0 radical (unpaired) electrons. The molecule has 4 heteroatoms. The van der Waals surface area contributed by atoms with Crippen molar-refractivity contribution in [2.24, 2.45) is 7.05 Å². The first-order chi connectivity index (χ1) is 4.83. The molecule has 0 aliphatic carbocycles. The normalized spacial score (nSPS) is 8.36. The SMILES string of the molecule is C[n+]1ccn(CCC#N)c1.[OH-]. The average Bonchev–Trinajstić information content (AvgIpc) is 2.31. The Morgan fingerprint density at radius 2 is 2.36 bits per heavy atom. The van der Waals surface area contributed by atoms with Gasteiger partial charge in [-0.3, -0.25) is 0 Å². The van der Waals surface area contributed by atoms with E-state index in [1.807, 2.05) is 34.9 Å². The van der Waals surface area contributed by atoms with Crippen molar-refractivity contribution in [3.8, 4) is 6.07 Å². The quantitative estimate of drug-likeness (QED) is 0.563. The summed E-state index contributed by atoms with van der Waals surface area (Å²) in [4.78, 5) is 0. The van der Waals surface area contributed by atoms with Crippen LogP contribution in [0.3, 0.4) is 0 Å². The van der Waals surface area contributed by atoms with Gasteiger partial charge in [0.15, 0.2) is 0 Å². The Hall–Kier alpha value is -1.34. The third-order valence-corrected chi connectivity index (χ3v) is 1.31. The van der Waals surface area contributed by atoms with Gasteiger partial charge in [0, 0.05) is 0 Å². The molecule has 1 heterocycles. The number of hydrogen-bond acceptors (Lipinski definition) is 2. The zero-order valence-corrected chi connectivity index (χ0v) is 6.44. The van der Waals surface area contributed by atoms with Gasteiger partial charge in [-0.05, 0) is 0 Å². The van der Waals surface area contributed by atoms with E-state index in [-0.39, 0.29) is 5.48 Å². The van der Waals surface area contributed by atoms with E-state index in [1.54, 1.807) is 0 Å². The molecule has 4 nitrogen and oxygen atoms in total. The molecular formula is C7H11N3O. The fraction of sp³-hybridized carbons (Fsp3) is 0.429. The van der Waals surface area contributed by atoms with E-state index in [0.717, 1.165) is 6.54 Å². The summed E-state index contributed by atoms with van der Waals surface area (Å²) in [5, 5.41) is 8.26. The van der Waals surface area contributed by atoms with Crippen molar-refractivity contribution >= 4 is 0 Å². The predicted octanol–water partition coefficient (Wildman–Crippen LogP) is 0.0495. The maximum atomic E-state index is 8.26. The highest BCUT2D eigenvalue weighted by molar-refractivity contribution is 4.72. The van der Waals surface area contributed by atoms with Crippen molar-refractivity contribution in [1.82, 2.24) is 4.57 Å². The van der Waals surface area contributed by atoms with Crippen LogP contribution < -0.4 is 4.57 Å². The van der Waals surface area contributed by atoms with Gasteiger partial charge in [0.2, 0.25) is 6.33 Å². The summed E-state index contributed by atoms with van der Waals surface area (Å²) < 4.78 is 3.95. The summed E-state index contributed by atoms with van der Waals surface area (Å²) in [6.07, 6.45) is 6.45. The molecule has 0 atom stereocenters. The zero-order chi connectivity index (χ0) is 7.40. The lowest BCUT2D eigenvalue weighted by atomic mass is 10.5. The lowest BCUT2D eigenvalue weighted by molar-refractivity contribution is -0.671. The molecule has 60 valence electrons. The van der Waals surface area contributed by atoms with Gasteiger partial charge >= 0.3 is 0 Å². The summed E-state index contributed by atoms with van der Waals surface area (Å²) in [5.41, 5.74) is 0. The molecule has 0 amide bonds. The molecule has 0 aromatic carbocycles. The summed E-state index contributed by atoms with van der Waals surface area (Å²) in [6, 6.07) is 2.10. The first-order valence-electron chi connectivity index (χ1n) is 3.21. The van der Waals surface area contributed by atoms with Crippen LogP contribution in [-0.4, -0.2) is 10.0 Å². The Morgan fingerprint density at radius 3 is 2.82 bits per heavy atom. The predicted molar refractivity (Wildman–Crippen MR) is 37.8 cm³/mol. The molecule has 0 bridgehead atoms. The maximum absolute atomic E-state index is 8.26. The highest BCUT2D eigenvalue weighted by Gasteiger charge is 1.96. The van der Waals surface area contributed by atoms with Crippen LogP contribution in [0.4, 0.5) is 0 Å². The fourth-order valence-corrected chi connectivity index (χ4v) is 0.813. The van der Waals surface area contributed by atoms with E-state index in [9.17, 15) is 0 Å². The second-order valence-corrected chi connectivity index (χ2v) is 2.23. The molecule has 0 saturated heterocycles. The second kappa shape index (κ2) is 4.47. The van der Waals surface area contributed by atoms with Crippen molar-refractivity contribution in [3.05, 3.63) is 18.7 Å². The zero-order valence-electron chi connectivity index (χ0n) is 6.44. The number of aromatic nitrogens is 2. The third-order valence-electron chi connectivity index (χ3n) is 1.31. The van der Waals surface area contributed by atoms with E-state index in [2.05, 4.69) is 6.07 Å². The summed E-state index contributed by atoms with van der Waals surface area (Å²) in [5.74, 6) is 0. The van der Waals surface area contributed by atoms with Crippen molar-refractivity contribution in [3.63, 3.8) is 0 Å². The van der Waals surface area contributed by atoms with E-state index in [1.165, 1.54) is 0 Å². The number of rotatable bonds is 2. The largest absolute Gasteiger partial charge is 0.870 e. The second-order valence-electron chi connectivity index (χ2n) is 2.23. The first-order valence-corrected chi connectivity index (χ1v) is 3.21. The number of nitriles is 1. The Bertz CT molecular complexity index is 248. The van der Waals surface area contributed by atoms with Gasteiger partial charge in [-0.15, -0.1) is 0 Å². The third kappa shape index (κ3) is 2.83. The molecule has 1 N–H and O–H groups in total. The van der Waals surface area contributed by atoms with Crippen LogP contribution in [0.15, 0.2) is 18.7 Å². The Balaban J connectivity index is 0.000001000. The molecule has 1 aromatic rings. The molecule has 1 aromatic heterocycles. The molecule has 0 spiro atoms. The van der Waals surface area contributed by atoms with Crippen molar-refractivity contribution < 1.29 is 10.0 Å². The fourth-order valence-electron chi connectivity index (χ4n) is 0.813. The molecule has 0 saturated carbocycles. The smallest absolute Gasteiger partial charge is 0.243 e. The van der Waals surface area contributed by atoms with Crippen molar-refractivity contribution in [1.29, 1.82) is 5.26 Å². The van der Waals surface area contributed by atoms with Crippen LogP contribution in [-0.2, 0) is 13.6 Å². The minimum Gasteiger partial charge on any atom is -0.870 e. The molecule has 0 unspecified atom stereocenters. The van der Waals surface area contributed by atoms with Gasteiger partial charge in [-0.2, -0.15) is 5.26 Å². The van der Waals surface area contributed by atoms with Gasteiger partial charge in [-0.1, -0.05) is 0 Å². The molecule has 0 aliphatic heterocycles. The lowest BCUT2D eigenvalue weighted by Crippen LogP contribution is -2.23. The van der Waals surface area contributed by atoms with Gasteiger partial charge in [0.25, 0.3) is 0 Å². The highest BCUT2D eigenvalue weighted by Crippen LogP contribution is 1.86. The van der Waals surface area contributed by atoms with Gasteiger partial charge in [0.1, 0.15) is 18.9 Å². The van der Waals surface area contributed by atoms with E-state index in [4.69, 9.17) is 5.26 Å². The van der Waals surface area contributed by atoms with Gasteiger partial charge in [-0.25, -0.2) is 9.13 Å². The topological polar surface area (TPSA) is 62.6 Å².